The largest absolute Gasteiger partial charge is 0.468 e. The van der Waals surface area contributed by atoms with Crippen molar-refractivity contribution in [1.82, 2.24) is 10.2 Å². The van der Waals surface area contributed by atoms with Crippen molar-refractivity contribution in [2.24, 2.45) is 0 Å². The van der Waals surface area contributed by atoms with Crippen LogP contribution in [0, 0.1) is 11.3 Å². The smallest absolute Gasteiger partial charge is 0.117 e. The van der Waals surface area contributed by atoms with Crippen LogP contribution >= 0.6 is 0 Å². The first kappa shape index (κ1) is 11.2. The molecule has 0 saturated carbocycles. The second-order valence-electron chi connectivity index (χ2n) is 4.12. The Morgan fingerprint density at radius 2 is 2.56 bits per heavy atom. The van der Waals surface area contributed by atoms with Crippen molar-refractivity contribution in [2.45, 2.75) is 25.4 Å². The lowest BCUT2D eigenvalue weighted by atomic mass is 10.2. The van der Waals surface area contributed by atoms with Crippen LogP contribution in [0.4, 0.5) is 0 Å². The fourth-order valence-corrected chi connectivity index (χ4v) is 2.11. The number of rotatable bonds is 3. The number of furan rings is 1. The number of nitriles is 1. The first-order valence-electron chi connectivity index (χ1n) is 5.74. The van der Waals surface area contributed by atoms with Crippen LogP contribution in [0.5, 0.6) is 0 Å². The van der Waals surface area contributed by atoms with E-state index < -0.39 is 0 Å². The highest BCUT2D eigenvalue weighted by Crippen LogP contribution is 2.13. The lowest BCUT2D eigenvalue weighted by Crippen LogP contribution is -2.38. The highest BCUT2D eigenvalue weighted by molar-refractivity contribution is 4.99. The van der Waals surface area contributed by atoms with Gasteiger partial charge in [0.2, 0.25) is 0 Å². The molecule has 1 aliphatic rings. The van der Waals surface area contributed by atoms with Crippen LogP contribution in [0.3, 0.4) is 0 Å². The van der Waals surface area contributed by atoms with E-state index in [0.717, 1.165) is 38.4 Å². The van der Waals surface area contributed by atoms with Crippen molar-refractivity contribution in [3.8, 4) is 6.07 Å². The minimum absolute atomic E-state index is 0.303. The van der Waals surface area contributed by atoms with Crippen molar-refractivity contribution in [2.75, 3.05) is 19.6 Å². The summed E-state index contributed by atoms with van der Waals surface area (Å²) in [6.45, 7) is 3.77. The average Bonchev–Trinajstić information content (AvgIpc) is 2.69. The maximum absolute atomic E-state index is 8.83. The van der Waals surface area contributed by atoms with E-state index in [9.17, 15) is 0 Å². The molecule has 0 spiro atoms. The summed E-state index contributed by atoms with van der Waals surface area (Å²) in [4.78, 5) is 2.34. The Kier molecular flexibility index (Phi) is 3.97. The van der Waals surface area contributed by atoms with Gasteiger partial charge in [-0.25, -0.2) is 0 Å². The lowest BCUT2D eigenvalue weighted by molar-refractivity contribution is 0.187. The van der Waals surface area contributed by atoms with Crippen LogP contribution < -0.4 is 5.32 Å². The molecule has 0 amide bonds. The van der Waals surface area contributed by atoms with Crippen molar-refractivity contribution in [3.05, 3.63) is 24.2 Å². The third-order valence-corrected chi connectivity index (χ3v) is 2.96. The zero-order chi connectivity index (χ0) is 11.2. The summed E-state index contributed by atoms with van der Waals surface area (Å²) in [5.41, 5.74) is 0. The summed E-state index contributed by atoms with van der Waals surface area (Å²) >= 11 is 0. The van der Waals surface area contributed by atoms with E-state index in [1.807, 2.05) is 12.1 Å². The van der Waals surface area contributed by atoms with Crippen molar-refractivity contribution >= 4 is 0 Å². The molecule has 1 saturated heterocycles. The van der Waals surface area contributed by atoms with Crippen molar-refractivity contribution in [1.29, 1.82) is 5.26 Å². The quantitative estimate of drug-likeness (QED) is 0.834. The third kappa shape index (κ3) is 2.84. The monoisotopic (exact) mass is 219 g/mol. The van der Waals surface area contributed by atoms with Crippen molar-refractivity contribution in [3.63, 3.8) is 0 Å². The molecule has 16 heavy (non-hydrogen) atoms. The van der Waals surface area contributed by atoms with Crippen LogP contribution in [-0.4, -0.2) is 30.6 Å². The molecule has 2 heterocycles. The van der Waals surface area contributed by atoms with Gasteiger partial charge < -0.3 is 9.73 Å². The molecule has 0 radical (unpaired) electrons. The summed E-state index contributed by atoms with van der Waals surface area (Å²) in [6, 6.07) is 6.46. The summed E-state index contributed by atoms with van der Waals surface area (Å²) < 4.78 is 5.36. The highest BCUT2D eigenvalue weighted by atomic mass is 16.3. The lowest BCUT2D eigenvalue weighted by Gasteiger charge is -2.26. The van der Waals surface area contributed by atoms with Crippen LogP contribution in [0.25, 0.3) is 0 Å². The van der Waals surface area contributed by atoms with E-state index >= 15 is 0 Å². The van der Waals surface area contributed by atoms with Gasteiger partial charge in [-0.15, -0.1) is 0 Å². The Labute approximate surface area is 95.8 Å². The van der Waals surface area contributed by atoms with E-state index in [-0.39, 0.29) is 0 Å². The molecule has 0 aliphatic carbocycles. The van der Waals surface area contributed by atoms with Gasteiger partial charge in [-0.05, 0) is 25.1 Å². The molecule has 1 atom stereocenters. The van der Waals surface area contributed by atoms with E-state index in [0.29, 0.717) is 12.5 Å². The Bertz CT molecular complexity index is 342. The zero-order valence-electron chi connectivity index (χ0n) is 9.35. The second-order valence-corrected chi connectivity index (χ2v) is 4.12. The highest BCUT2D eigenvalue weighted by Gasteiger charge is 2.21. The predicted octanol–water partition coefficient (Wildman–Crippen LogP) is 1.36. The zero-order valence-corrected chi connectivity index (χ0v) is 9.35. The third-order valence-electron chi connectivity index (χ3n) is 2.96. The van der Waals surface area contributed by atoms with E-state index in [2.05, 4.69) is 16.3 Å². The Morgan fingerprint density at radius 3 is 3.31 bits per heavy atom. The van der Waals surface area contributed by atoms with Gasteiger partial charge in [0.25, 0.3) is 0 Å². The molecule has 0 aromatic carbocycles. The molecular formula is C12H17N3O. The van der Waals surface area contributed by atoms with Gasteiger partial charge in [-0.2, -0.15) is 5.26 Å². The number of hydrogen-bond acceptors (Lipinski definition) is 4. The minimum atomic E-state index is 0.303. The van der Waals surface area contributed by atoms with E-state index in [1.165, 1.54) is 0 Å². The van der Waals surface area contributed by atoms with Gasteiger partial charge in [0.05, 0.1) is 25.3 Å². The Morgan fingerprint density at radius 1 is 1.62 bits per heavy atom. The number of nitrogens with one attached hydrogen (secondary N) is 1. The average molecular weight is 219 g/mol. The predicted molar refractivity (Wildman–Crippen MR) is 60.6 cm³/mol. The molecular weight excluding hydrogens is 202 g/mol. The molecule has 1 aromatic heterocycles. The molecule has 4 heteroatoms. The molecule has 1 aliphatic heterocycles. The van der Waals surface area contributed by atoms with E-state index in [1.54, 1.807) is 6.26 Å². The molecule has 1 unspecified atom stereocenters. The molecule has 86 valence electrons. The van der Waals surface area contributed by atoms with Crippen LogP contribution in [0.1, 0.15) is 18.6 Å². The van der Waals surface area contributed by atoms with Gasteiger partial charge >= 0.3 is 0 Å². The Hall–Kier alpha value is -1.31. The van der Waals surface area contributed by atoms with Gasteiger partial charge in [0.15, 0.2) is 0 Å². The number of nitrogens with zero attached hydrogens (tertiary/aromatic N) is 2. The molecule has 1 N–H and O–H groups in total. The van der Waals surface area contributed by atoms with Gasteiger partial charge in [-0.3, -0.25) is 4.90 Å². The fourth-order valence-electron chi connectivity index (χ4n) is 2.11. The molecule has 4 nitrogen and oxygen atoms in total. The maximum atomic E-state index is 8.83. The molecule has 0 bridgehead atoms. The van der Waals surface area contributed by atoms with Crippen LogP contribution in [-0.2, 0) is 6.54 Å². The summed E-state index contributed by atoms with van der Waals surface area (Å²) in [5.74, 6) is 0.977. The van der Waals surface area contributed by atoms with Crippen molar-refractivity contribution < 1.29 is 4.42 Å². The topological polar surface area (TPSA) is 52.2 Å². The van der Waals surface area contributed by atoms with Gasteiger partial charge in [0, 0.05) is 19.1 Å². The van der Waals surface area contributed by atoms with E-state index in [4.69, 9.17) is 9.68 Å². The number of hydrogen-bond donors (Lipinski definition) is 1. The summed E-state index contributed by atoms with van der Waals surface area (Å²) in [5, 5.41) is 12.2. The first-order chi connectivity index (χ1) is 7.90. The summed E-state index contributed by atoms with van der Waals surface area (Å²) in [6.07, 6.45) is 3.40. The Balaban J connectivity index is 2.00. The van der Waals surface area contributed by atoms with Crippen LogP contribution in [0.2, 0.25) is 0 Å². The standard InChI is InChI=1S/C12H17N3O/c13-5-4-11-9-14-6-2-7-15(11)10-12-3-1-8-16-12/h1,3,8,11,14H,2,4,6-7,9-10H2. The molecule has 1 aromatic rings. The van der Waals surface area contributed by atoms with Crippen LogP contribution in [0.15, 0.2) is 22.8 Å². The van der Waals surface area contributed by atoms with Gasteiger partial charge in [-0.1, -0.05) is 0 Å². The van der Waals surface area contributed by atoms with Gasteiger partial charge in [0.1, 0.15) is 5.76 Å². The summed E-state index contributed by atoms with van der Waals surface area (Å²) in [7, 11) is 0. The maximum Gasteiger partial charge on any atom is 0.117 e. The first-order valence-corrected chi connectivity index (χ1v) is 5.74. The fraction of sp³-hybridized carbons (Fsp3) is 0.583. The second kappa shape index (κ2) is 5.69. The normalized spacial score (nSPS) is 22.6. The molecule has 1 fully saturated rings. The molecule has 2 rings (SSSR count). The minimum Gasteiger partial charge on any atom is -0.468 e. The SMILES string of the molecule is N#CCC1CNCCCN1Cc1ccco1.